The molecule has 0 saturated heterocycles. The fourth-order valence-electron chi connectivity index (χ4n) is 1.27. The molecule has 0 aliphatic rings. The molecule has 88 valence electrons. The van der Waals surface area contributed by atoms with Gasteiger partial charge in [-0.25, -0.2) is 0 Å². The molecule has 0 amide bonds. The van der Waals surface area contributed by atoms with Crippen LogP contribution in [0, 0.1) is 0 Å². The van der Waals surface area contributed by atoms with Gasteiger partial charge in [-0.2, -0.15) is 0 Å². The molecule has 0 heterocycles. The van der Waals surface area contributed by atoms with Crippen molar-refractivity contribution < 1.29 is 4.74 Å². The molecular weight excluding hydrogens is 236 g/mol. The van der Waals surface area contributed by atoms with Gasteiger partial charge in [0.05, 0.1) is 13.2 Å². The topological polar surface area (TPSA) is 9.23 Å². The zero-order valence-corrected chi connectivity index (χ0v) is 11.1. The van der Waals surface area contributed by atoms with E-state index >= 15 is 0 Å². The highest BCUT2D eigenvalue weighted by atomic mass is 33.1. The molecule has 0 saturated carbocycles. The molecule has 1 rings (SSSR count). The van der Waals surface area contributed by atoms with Crippen LogP contribution >= 0.6 is 22.5 Å². The van der Waals surface area contributed by atoms with E-state index < -0.39 is 0 Å². The second kappa shape index (κ2) is 9.82. The Labute approximate surface area is 107 Å². The molecule has 0 radical (unpaired) electrons. The van der Waals surface area contributed by atoms with Crippen molar-refractivity contribution in [1.82, 2.24) is 0 Å². The van der Waals surface area contributed by atoms with Gasteiger partial charge in [0.2, 0.25) is 0 Å². The van der Waals surface area contributed by atoms with Crippen LogP contribution in [0.15, 0.2) is 42.5 Å². The molecule has 0 aliphatic heterocycles. The fourth-order valence-corrected chi connectivity index (χ4v) is 1.95. The molecule has 0 aromatic heterocycles. The Kier molecular flexibility index (Phi) is 8.40. The van der Waals surface area contributed by atoms with Crippen LogP contribution in [0.1, 0.15) is 18.4 Å². The monoisotopic (exact) mass is 254 g/mol. The molecule has 0 unspecified atom stereocenters. The van der Waals surface area contributed by atoms with Crippen molar-refractivity contribution in [3.63, 3.8) is 0 Å². The summed E-state index contributed by atoms with van der Waals surface area (Å²) in [5.74, 6) is 1.11. The first-order valence-corrected chi connectivity index (χ1v) is 7.50. The van der Waals surface area contributed by atoms with Gasteiger partial charge in [-0.3, -0.25) is 0 Å². The van der Waals surface area contributed by atoms with Crippen molar-refractivity contribution in [1.29, 1.82) is 0 Å². The lowest BCUT2D eigenvalue weighted by Gasteiger charge is -2.00. The average molecular weight is 254 g/mol. The van der Waals surface area contributed by atoms with Gasteiger partial charge in [-0.15, -0.1) is 11.7 Å². The summed E-state index contributed by atoms with van der Waals surface area (Å²) in [5.41, 5.74) is 1.22. The van der Waals surface area contributed by atoms with Gasteiger partial charge >= 0.3 is 0 Å². The predicted octanol–water partition coefficient (Wildman–Crippen LogP) is 4.12. The number of hydrogen-bond acceptors (Lipinski definition) is 3. The summed E-state index contributed by atoms with van der Waals surface area (Å²) in [4.78, 5) is 0. The first-order valence-electron chi connectivity index (χ1n) is 5.46. The summed E-state index contributed by atoms with van der Waals surface area (Å²) in [6.45, 7) is 1.39. The number of thiol groups is 1. The van der Waals surface area contributed by atoms with Crippen LogP contribution in [0.4, 0.5) is 0 Å². The van der Waals surface area contributed by atoms with E-state index in [1.807, 2.05) is 18.2 Å². The Morgan fingerprint density at radius 1 is 1.19 bits per heavy atom. The molecule has 1 aromatic rings. The maximum absolute atomic E-state index is 5.52. The van der Waals surface area contributed by atoms with Crippen molar-refractivity contribution in [2.75, 3.05) is 12.4 Å². The van der Waals surface area contributed by atoms with Gasteiger partial charge in [0.15, 0.2) is 0 Å². The van der Waals surface area contributed by atoms with Crippen LogP contribution in [0.2, 0.25) is 0 Å². The molecule has 1 nitrogen and oxygen atoms in total. The van der Waals surface area contributed by atoms with E-state index in [2.05, 4.69) is 35.9 Å². The summed E-state index contributed by atoms with van der Waals surface area (Å²) < 4.78 is 5.52. The van der Waals surface area contributed by atoms with E-state index in [9.17, 15) is 0 Å². The third-order valence-electron chi connectivity index (χ3n) is 2.10. The van der Waals surface area contributed by atoms with Crippen molar-refractivity contribution in [2.24, 2.45) is 0 Å². The SMILES string of the molecule is SSCCC/C=C/COCc1ccccc1. The van der Waals surface area contributed by atoms with E-state index in [-0.39, 0.29) is 0 Å². The van der Waals surface area contributed by atoms with Gasteiger partial charge in [-0.05, 0) is 18.4 Å². The summed E-state index contributed by atoms with van der Waals surface area (Å²) in [6.07, 6.45) is 6.56. The van der Waals surface area contributed by atoms with Crippen LogP contribution in [0.3, 0.4) is 0 Å². The summed E-state index contributed by atoms with van der Waals surface area (Å²) in [6, 6.07) is 10.2. The second-order valence-electron chi connectivity index (χ2n) is 3.45. The zero-order chi connectivity index (χ0) is 11.5. The lowest BCUT2D eigenvalue weighted by Crippen LogP contribution is -1.92. The lowest BCUT2D eigenvalue weighted by molar-refractivity contribution is 0.148. The van der Waals surface area contributed by atoms with Crippen LogP contribution < -0.4 is 0 Å². The highest BCUT2D eigenvalue weighted by Crippen LogP contribution is 2.08. The molecule has 0 bridgehead atoms. The van der Waals surface area contributed by atoms with E-state index in [1.165, 1.54) is 12.0 Å². The Bertz CT molecular complexity index is 285. The number of hydrogen-bond donors (Lipinski definition) is 1. The van der Waals surface area contributed by atoms with Gasteiger partial charge < -0.3 is 4.74 Å². The average Bonchev–Trinajstić information content (AvgIpc) is 2.34. The first kappa shape index (κ1) is 13.7. The highest BCUT2D eigenvalue weighted by Gasteiger charge is 1.89. The Morgan fingerprint density at radius 2 is 2.00 bits per heavy atom. The van der Waals surface area contributed by atoms with Crippen molar-refractivity contribution in [3.05, 3.63) is 48.0 Å². The molecule has 16 heavy (non-hydrogen) atoms. The zero-order valence-electron chi connectivity index (χ0n) is 9.34. The van der Waals surface area contributed by atoms with Crippen molar-refractivity contribution in [2.45, 2.75) is 19.4 Å². The van der Waals surface area contributed by atoms with Crippen molar-refractivity contribution in [3.8, 4) is 0 Å². The minimum absolute atomic E-state index is 0.692. The van der Waals surface area contributed by atoms with E-state index in [4.69, 9.17) is 4.74 Å². The first-order chi connectivity index (χ1) is 7.93. The van der Waals surface area contributed by atoms with Gasteiger partial charge in [0.1, 0.15) is 0 Å². The number of benzene rings is 1. The van der Waals surface area contributed by atoms with Crippen molar-refractivity contribution >= 4 is 22.5 Å². The molecule has 3 heteroatoms. The second-order valence-corrected chi connectivity index (χ2v) is 4.89. The number of rotatable bonds is 8. The van der Waals surface area contributed by atoms with Crippen LogP contribution in [-0.2, 0) is 11.3 Å². The summed E-state index contributed by atoms with van der Waals surface area (Å²) >= 11 is 4.09. The molecule has 0 atom stereocenters. The molecule has 0 aliphatic carbocycles. The maximum Gasteiger partial charge on any atom is 0.0721 e. The Balaban J connectivity index is 1.99. The summed E-state index contributed by atoms with van der Waals surface area (Å²) in [7, 11) is 1.60. The highest BCUT2D eigenvalue weighted by molar-refractivity contribution is 8.68. The quantitative estimate of drug-likeness (QED) is 0.323. The molecule has 0 fully saturated rings. The Hall–Kier alpha value is -0.380. The third-order valence-corrected chi connectivity index (χ3v) is 3.12. The number of allylic oxidation sites excluding steroid dienone is 1. The van der Waals surface area contributed by atoms with Gasteiger partial charge in [0, 0.05) is 5.75 Å². The van der Waals surface area contributed by atoms with E-state index in [0.29, 0.717) is 13.2 Å². The third kappa shape index (κ3) is 6.99. The minimum Gasteiger partial charge on any atom is -0.373 e. The molecular formula is C13H18OS2. The fraction of sp³-hybridized carbons (Fsp3) is 0.385. The standard InChI is InChI=1S/C13H18OS2/c15-16-11-7-2-1-6-10-14-12-13-8-4-3-5-9-13/h1,3-6,8-9,15H,2,7,10-12H2/b6-1+. The van der Waals surface area contributed by atoms with Crippen LogP contribution in [0.5, 0.6) is 0 Å². The molecule has 0 spiro atoms. The number of ether oxygens (including phenoxy) is 1. The summed E-state index contributed by atoms with van der Waals surface area (Å²) in [5, 5.41) is 0. The van der Waals surface area contributed by atoms with Gasteiger partial charge in [-0.1, -0.05) is 53.3 Å². The van der Waals surface area contributed by atoms with E-state index in [1.54, 1.807) is 10.8 Å². The Morgan fingerprint density at radius 3 is 2.75 bits per heavy atom. The maximum atomic E-state index is 5.52. The molecule has 1 aromatic carbocycles. The predicted molar refractivity (Wildman–Crippen MR) is 75.9 cm³/mol. The van der Waals surface area contributed by atoms with Crippen LogP contribution in [0.25, 0.3) is 0 Å². The number of unbranched alkanes of at least 4 members (excludes halogenated alkanes) is 1. The van der Waals surface area contributed by atoms with Gasteiger partial charge in [0.25, 0.3) is 0 Å². The minimum atomic E-state index is 0.692. The lowest BCUT2D eigenvalue weighted by atomic mass is 10.2. The molecule has 0 N–H and O–H groups in total. The smallest absolute Gasteiger partial charge is 0.0721 e. The van der Waals surface area contributed by atoms with Crippen LogP contribution in [-0.4, -0.2) is 12.4 Å². The normalized spacial score (nSPS) is 11.1. The largest absolute Gasteiger partial charge is 0.373 e. The van der Waals surface area contributed by atoms with E-state index in [0.717, 1.165) is 12.2 Å².